The van der Waals surface area contributed by atoms with Gasteiger partial charge in [0, 0.05) is 18.3 Å². The van der Waals surface area contributed by atoms with E-state index in [4.69, 9.17) is 9.84 Å². The number of carboxylic acid groups (broad SMARTS) is 1. The van der Waals surface area contributed by atoms with Crippen LogP contribution in [0.1, 0.15) is 28.9 Å². The number of aryl methyl sites for hydroxylation is 1. The fourth-order valence-corrected chi connectivity index (χ4v) is 1.86. The second-order valence-electron chi connectivity index (χ2n) is 4.85. The van der Waals surface area contributed by atoms with Crippen molar-refractivity contribution in [2.45, 2.75) is 19.8 Å². The van der Waals surface area contributed by atoms with Crippen LogP contribution in [0.4, 0.5) is 5.69 Å². The quantitative estimate of drug-likeness (QED) is 0.760. The fraction of sp³-hybridized carbons (Fsp3) is 0.250. The monoisotopic (exact) mass is 315 g/mol. The molecule has 7 heteroatoms. The van der Waals surface area contributed by atoms with Gasteiger partial charge in [-0.25, -0.2) is 9.97 Å². The van der Waals surface area contributed by atoms with Gasteiger partial charge in [0.1, 0.15) is 12.1 Å². The number of anilines is 1. The van der Waals surface area contributed by atoms with Crippen molar-refractivity contribution in [3.63, 3.8) is 0 Å². The summed E-state index contributed by atoms with van der Waals surface area (Å²) in [5.41, 5.74) is 1.65. The molecule has 7 nitrogen and oxygen atoms in total. The minimum atomic E-state index is -0.841. The van der Waals surface area contributed by atoms with Gasteiger partial charge in [-0.1, -0.05) is 0 Å². The average molecular weight is 315 g/mol. The van der Waals surface area contributed by atoms with Crippen LogP contribution in [-0.2, 0) is 4.79 Å². The van der Waals surface area contributed by atoms with Crippen molar-refractivity contribution in [2.75, 3.05) is 11.9 Å². The van der Waals surface area contributed by atoms with Crippen molar-refractivity contribution >= 4 is 17.6 Å². The number of hydrogen-bond donors (Lipinski definition) is 2. The summed E-state index contributed by atoms with van der Waals surface area (Å²) < 4.78 is 5.42. The lowest BCUT2D eigenvalue weighted by atomic mass is 10.2. The summed E-state index contributed by atoms with van der Waals surface area (Å²) in [7, 11) is 0. The minimum Gasteiger partial charge on any atom is -0.494 e. The smallest absolute Gasteiger partial charge is 0.303 e. The Labute approximate surface area is 133 Å². The number of carboxylic acids is 1. The third kappa shape index (κ3) is 5.06. The van der Waals surface area contributed by atoms with E-state index < -0.39 is 5.97 Å². The van der Waals surface area contributed by atoms with E-state index in [1.54, 1.807) is 31.2 Å². The summed E-state index contributed by atoms with van der Waals surface area (Å²) in [5, 5.41) is 11.3. The first-order chi connectivity index (χ1) is 11.1. The van der Waals surface area contributed by atoms with E-state index in [0.29, 0.717) is 35.7 Å². The molecule has 120 valence electrons. The molecule has 0 saturated carbocycles. The predicted octanol–water partition coefficient (Wildman–Crippen LogP) is 2.28. The fourth-order valence-electron chi connectivity index (χ4n) is 1.86. The number of benzene rings is 1. The first-order valence-electron chi connectivity index (χ1n) is 7.09. The number of carbonyl (C=O) groups is 2. The number of hydrogen-bond acceptors (Lipinski definition) is 5. The maximum absolute atomic E-state index is 12.1. The van der Waals surface area contributed by atoms with Crippen LogP contribution in [0.15, 0.2) is 36.8 Å². The highest BCUT2D eigenvalue weighted by Gasteiger charge is 2.10. The molecule has 1 amide bonds. The third-order valence-corrected chi connectivity index (χ3v) is 3.07. The molecule has 1 aromatic carbocycles. The van der Waals surface area contributed by atoms with Crippen LogP contribution in [0.5, 0.6) is 5.75 Å². The lowest BCUT2D eigenvalue weighted by Gasteiger charge is -2.08. The number of nitrogens with one attached hydrogen (secondary N) is 1. The van der Waals surface area contributed by atoms with Crippen molar-refractivity contribution < 1.29 is 19.4 Å². The van der Waals surface area contributed by atoms with Crippen LogP contribution in [0, 0.1) is 6.92 Å². The second kappa shape index (κ2) is 7.88. The Hall–Kier alpha value is -2.96. The van der Waals surface area contributed by atoms with Gasteiger partial charge in [0.05, 0.1) is 17.9 Å². The Morgan fingerprint density at radius 1 is 1.26 bits per heavy atom. The van der Waals surface area contributed by atoms with Crippen LogP contribution < -0.4 is 10.1 Å². The average Bonchev–Trinajstić information content (AvgIpc) is 2.53. The maximum Gasteiger partial charge on any atom is 0.303 e. The molecular weight excluding hydrogens is 298 g/mol. The van der Waals surface area contributed by atoms with E-state index in [0.717, 1.165) is 0 Å². The van der Waals surface area contributed by atoms with Gasteiger partial charge in [0.2, 0.25) is 0 Å². The highest BCUT2D eigenvalue weighted by molar-refractivity contribution is 6.04. The highest BCUT2D eigenvalue weighted by Crippen LogP contribution is 2.17. The molecule has 0 fully saturated rings. The molecule has 1 aromatic heterocycles. The van der Waals surface area contributed by atoms with Crippen molar-refractivity contribution in [1.82, 2.24) is 9.97 Å². The SMILES string of the molecule is Cc1ncncc1C(=O)Nc1ccc(OCCCC(=O)O)cc1. The van der Waals surface area contributed by atoms with Crippen LogP contribution >= 0.6 is 0 Å². The Morgan fingerprint density at radius 2 is 2.00 bits per heavy atom. The molecule has 1 heterocycles. The van der Waals surface area contributed by atoms with Crippen LogP contribution in [0.25, 0.3) is 0 Å². The van der Waals surface area contributed by atoms with Crippen molar-refractivity contribution in [1.29, 1.82) is 0 Å². The van der Waals surface area contributed by atoms with Gasteiger partial charge in [0.25, 0.3) is 5.91 Å². The lowest BCUT2D eigenvalue weighted by molar-refractivity contribution is -0.137. The molecule has 0 unspecified atom stereocenters. The van der Waals surface area contributed by atoms with Gasteiger partial charge >= 0.3 is 5.97 Å². The Bertz CT molecular complexity index is 686. The van der Waals surface area contributed by atoms with Crippen LogP contribution in [-0.4, -0.2) is 33.6 Å². The summed E-state index contributed by atoms with van der Waals surface area (Å²) in [6.07, 6.45) is 3.38. The Balaban J connectivity index is 1.88. The molecular formula is C16H17N3O4. The third-order valence-electron chi connectivity index (χ3n) is 3.07. The zero-order valence-corrected chi connectivity index (χ0v) is 12.7. The number of carbonyl (C=O) groups excluding carboxylic acids is 1. The summed E-state index contributed by atoms with van der Waals surface area (Å²) in [5.74, 6) is -0.502. The Morgan fingerprint density at radius 3 is 2.65 bits per heavy atom. The van der Waals surface area contributed by atoms with E-state index in [2.05, 4.69) is 15.3 Å². The number of aliphatic carboxylic acids is 1. The number of nitrogens with zero attached hydrogens (tertiary/aromatic N) is 2. The number of ether oxygens (including phenoxy) is 1. The summed E-state index contributed by atoms with van der Waals surface area (Å²) in [6.45, 7) is 2.07. The van der Waals surface area contributed by atoms with E-state index in [1.807, 2.05) is 0 Å². The minimum absolute atomic E-state index is 0.0760. The molecule has 0 saturated heterocycles. The Kier molecular flexibility index (Phi) is 5.62. The van der Waals surface area contributed by atoms with Crippen LogP contribution in [0.3, 0.4) is 0 Å². The molecule has 0 aliphatic heterocycles. The first kappa shape index (κ1) is 16.4. The molecule has 0 aliphatic carbocycles. The molecule has 0 radical (unpaired) electrons. The van der Waals surface area contributed by atoms with Crippen molar-refractivity contribution in [3.05, 3.63) is 48.0 Å². The van der Waals surface area contributed by atoms with Gasteiger partial charge in [-0.05, 0) is 37.6 Å². The number of aromatic nitrogens is 2. The van der Waals surface area contributed by atoms with Crippen LogP contribution in [0.2, 0.25) is 0 Å². The van der Waals surface area contributed by atoms with Gasteiger partial charge in [-0.3, -0.25) is 9.59 Å². The van der Waals surface area contributed by atoms with Crippen molar-refractivity contribution in [3.8, 4) is 5.75 Å². The van der Waals surface area contributed by atoms with E-state index in [9.17, 15) is 9.59 Å². The largest absolute Gasteiger partial charge is 0.494 e. The molecule has 23 heavy (non-hydrogen) atoms. The lowest BCUT2D eigenvalue weighted by Crippen LogP contribution is -2.14. The van der Waals surface area contributed by atoms with E-state index >= 15 is 0 Å². The summed E-state index contributed by atoms with van der Waals surface area (Å²) >= 11 is 0. The second-order valence-corrected chi connectivity index (χ2v) is 4.85. The summed E-state index contributed by atoms with van der Waals surface area (Å²) in [4.78, 5) is 30.3. The zero-order chi connectivity index (χ0) is 16.7. The van der Waals surface area contributed by atoms with Gasteiger partial charge in [0.15, 0.2) is 0 Å². The summed E-state index contributed by atoms with van der Waals surface area (Å²) in [6, 6.07) is 6.85. The molecule has 0 spiro atoms. The highest BCUT2D eigenvalue weighted by atomic mass is 16.5. The molecule has 0 atom stereocenters. The van der Waals surface area contributed by atoms with Gasteiger partial charge < -0.3 is 15.2 Å². The maximum atomic E-state index is 12.1. The van der Waals surface area contributed by atoms with E-state index in [-0.39, 0.29) is 12.3 Å². The topological polar surface area (TPSA) is 101 Å². The number of rotatable bonds is 7. The molecule has 0 bridgehead atoms. The van der Waals surface area contributed by atoms with Gasteiger partial charge in [-0.15, -0.1) is 0 Å². The number of amides is 1. The van der Waals surface area contributed by atoms with Gasteiger partial charge in [-0.2, -0.15) is 0 Å². The predicted molar refractivity (Wildman–Crippen MR) is 83.5 cm³/mol. The molecule has 2 aromatic rings. The van der Waals surface area contributed by atoms with E-state index in [1.165, 1.54) is 12.5 Å². The molecule has 2 rings (SSSR count). The standard InChI is InChI=1S/C16H17N3O4/c1-11-14(9-17-10-18-11)16(22)19-12-4-6-13(7-5-12)23-8-2-3-15(20)21/h4-7,9-10H,2-3,8H2,1H3,(H,19,22)(H,20,21). The van der Waals surface area contributed by atoms with Crippen molar-refractivity contribution in [2.24, 2.45) is 0 Å². The molecule has 2 N–H and O–H groups in total. The first-order valence-corrected chi connectivity index (χ1v) is 7.09. The normalized spacial score (nSPS) is 10.1. The zero-order valence-electron chi connectivity index (χ0n) is 12.7. The molecule has 0 aliphatic rings.